The maximum Gasteiger partial charge on any atom is 0.269 e. The first-order chi connectivity index (χ1) is 16.5. The minimum atomic E-state index is -0.719. The van der Waals surface area contributed by atoms with E-state index in [1.54, 1.807) is 17.8 Å². The average Bonchev–Trinajstić information content (AvgIpc) is 3.18. The van der Waals surface area contributed by atoms with E-state index in [1.165, 1.54) is 0 Å². The number of imidazole rings is 1. The molecule has 8 nitrogen and oxygen atoms in total. The molecule has 9 heteroatoms. The van der Waals surface area contributed by atoms with Crippen molar-refractivity contribution in [2.24, 2.45) is 0 Å². The van der Waals surface area contributed by atoms with Gasteiger partial charge in [0.1, 0.15) is 12.4 Å². The number of nitrogens with one attached hydrogen (secondary N) is 1. The molecule has 34 heavy (non-hydrogen) atoms. The van der Waals surface area contributed by atoms with Gasteiger partial charge in [-0.2, -0.15) is 0 Å². The van der Waals surface area contributed by atoms with Crippen molar-refractivity contribution in [2.75, 3.05) is 11.9 Å². The second kappa shape index (κ2) is 9.34. The van der Waals surface area contributed by atoms with E-state index in [4.69, 9.17) is 14.5 Å². The molecule has 0 unspecified atom stereocenters. The molecule has 2 aromatic carbocycles. The van der Waals surface area contributed by atoms with Crippen LogP contribution in [0.4, 0.5) is 5.69 Å². The first kappa shape index (κ1) is 22.2. The SMILES string of the molecule is CCn1c(CSc2nc(C)cc(C)n2)nc2cc(NC(=O)[C@@H]3COc4ccccc4O3)ccc21. The number of para-hydroxylation sites is 2. The Bertz CT molecular complexity index is 1350. The number of carbonyl (C=O) groups excluding carboxylic acids is 1. The Kier molecular flexibility index (Phi) is 6.10. The van der Waals surface area contributed by atoms with Crippen LogP contribution in [-0.4, -0.2) is 38.1 Å². The van der Waals surface area contributed by atoms with Gasteiger partial charge in [0, 0.05) is 23.6 Å². The molecule has 4 aromatic rings. The quantitative estimate of drug-likeness (QED) is 0.323. The van der Waals surface area contributed by atoms with Crippen LogP contribution in [0.1, 0.15) is 24.1 Å². The van der Waals surface area contributed by atoms with Gasteiger partial charge in [0.05, 0.1) is 16.8 Å². The van der Waals surface area contributed by atoms with Crippen LogP contribution in [0.2, 0.25) is 0 Å². The summed E-state index contributed by atoms with van der Waals surface area (Å²) in [7, 11) is 0. The lowest BCUT2D eigenvalue weighted by molar-refractivity contribution is -0.125. The molecule has 0 saturated carbocycles. The van der Waals surface area contributed by atoms with Gasteiger partial charge < -0.3 is 19.4 Å². The Hall–Kier alpha value is -3.59. The van der Waals surface area contributed by atoms with Crippen LogP contribution in [0.3, 0.4) is 0 Å². The fourth-order valence-corrected chi connectivity index (χ4v) is 4.87. The van der Waals surface area contributed by atoms with Crippen molar-refractivity contribution in [3.05, 3.63) is 65.7 Å². The molecule has 174 valence electrons. The Morgan fingerprint density at radius 1 is 1.09 bits per heavy atom. The lowest BCUT2D eigenvalue weighted by Crippen LogP contribution is -2.40. The van der Waals surface area contributed by atoms with Crippen LogP contribution in [-0.2, 0) is 17.1 Å². The molecular formula is C25H25N5O3S. The van der Waals surface area contributed by atoms with Crippen LogP contribution in [0, 0.1) is 13.8 Å². The highest BCUT2D eigenvalue weighted by atomic mass is 32.2. The summed E-state index contributed by atoms with van der Waals surface area (Å²) in [4.78, 5) is 26.6. The van der Waals surface area contributed by atoms with Gasteiger partial charge in [0.25, 0.3) is 5.91 Å². The lowest BCUT2D eigenvalue weighted by atomic mass is 10.2. The molecule has 5 rings (SSSR count). The van der Waals surface area contributed by atoms with Gasteiger partial charge >= 0.3 is 0 Å². The molecule has 1 atom stereocenters. The highest BCUT2D eigenvalue weighted by Gasteiger charge is 2.27. The van der Waals surface area contributed by atoms with Crippen LogP contribution < -0.4 is 14.8 Å². The predicted octanol–water partition coefficient (Wildman–Crippen LogP) is 4.53. The second-order valence-electron chi connectivity index (χ2n) is 8.05. The second-order valence-corrected chi connectivity index (χ2v) is 8.99. The van der Waals surface area contributed by atoms with E-state index >= 15 is 0 Å². The lowest BCUT2D eigenvalue weighted by Gasteiger charge is -2.25. The molecule has 0 spiro atoms. The number of anilines is 1. The normalized spacial score (nSPS) is 14.9. The first-order valence-corrected chi connectivity index (χ1v) is 12.1. The third-order valence-corrected chi connectivity index (χ3v) is 6.35. The zero-order valence-corrected chi connectivity index (χ0v) is 20.1. The minimum absolute atomic E-state index is 0.164. The number of carbonyl (C=O) groups is 1. The van der Waals surface area contributed by atoms with E-state index in [2.05, 4.69) is 26.8 Å². The van der Waals surface area contributed by atoms with E-state index in [0.29, 0.717) is 22.9 Å². The smallest absolute Gasteiger partial charge is 0.269 e. The van der Waals surface area contributed by atoms with Gasteiger partial charge in [-0.1, -0.05) is 23.9 Å². The van der Waals surface area contributed by atoms with Crippen LogP contribution in [0.15, 0.2) is 53.7 Å². The van der Waals surface area contributed by atoms with Gasteiger partial charge in [0.15, 0.2) is 16.7 Å². The number of aromatic nitrogens is 4. The summed E-state index contributed by atoms with van der Waals surface area (Å²) in [5, 5.41) is 3.68. The monoisotopic (exact) mass is 475 g/mol. The summed E-state index contributed by atoms with van der Waals surface area (Å²) in [6, 6.07) is 15.1. The standard InChI is InChI=1S/C25H25N5O3S/c1-4-30-19-10-9-17(28-24(31)22-13-32-20-7-5-6-8-21(20)33-22)12-18(19)29-23(30)14-34-25-26-15(2)11-16(3)27-25/h5-12,22H,4,13-14H2,1-3H3,(H,28,31)/t22-/m0/s1. The number of benzene rings is 2. The minimum Gasteiger partial charge on any atom is -0.485 e. The molecule has 0 radical (unpaired) electrons. The summed E-state index contributed by atoms with van der Waals surface area (Å²) in [6.45, 7) is 6.99. The molecule has 0 saturated heterocycles. The third kappa shape index (κ3) is 4.56. The van der Waals surface area contributed by atoms with Crippen molar-refractivity contribution < 1.29 is 14.3 Å². The number of nitrogens with zero attached hydrogens (tertiary/aromatic N) is 4. The number of rotatable bonds is 6. The van der Waals surface area contributed by atoms with Crippen LogP contribution in [0.5, 0.6) is 11.5 Å². The van der Waals surface area contributed by atoms with E-state index < -0.39 is 6.10 Å². The maximum atomic E-state index is 12.8. The number of aryl methyl sites for hydroxylation is 3. The van der Waals surface area contributed by atoms with E-state index in [-0.39, 0.29) is 12.5 Å². The Balaban J connectivity index is 1.31. The van der Waals surface area contributed by atoms with Crippen LogP contribution >= 0.6 is 11.8 Å². The van der Waals surface area contributed by atoms with E-state index in [0.717, 1.165) is 39.9 Å². The predicted molar refractivity (Wildman–Crippen MR) is 131 cm³/mol. The summed E-state index contributed by atoms with van der Waals surface area (Å²) < 4.78 is 13.6. The van der Waals surface area contributed by atoms with Crippen LogP contribution in [0.25, 0.3) is 11.0 Å². The largest absolute Gasteiger partial charge is 0.485 e. The molecule has 3 heterocycles. The maximum absolute atomic E-state index is 12.8. The number of ether oxygens (including phenoxy) is 2. The fraction of sp³-hybridized carbons (Fsp3) is 0.280. The number of hydrogen-bond acceptors (Lipinski definition) is 7. The van der Waals surface area contributed by atoms with Crippen molar-refractivity contribution in [1.82, 2.24) is 19.5 Å². The molecule has 1 amide bonds. The van der Waals surface area contributed by atoms with Gasteiger partial charge in [-0.25, -0.2) is 15.0 Å². The average molecular weight is 476 g/mol. The highest BCUT2D eigenvalue weighted by Crippen LogP contribution is 2.31. The topological polar surface area (TPSA) is 91.2 Å². The number of hydrogen-bond donors (Lipinski definition) is 1. The summed E-state index contributed by atoms with van der Waals surface area (Å²) >= 11 is 1.57. The zero-order valence-electron chi connectivity index (χ0n) is 19.2. The van der Waals surface area contributed by atoms with Gasteiger partial charge in [-0.3, -0.25) is 4.79 Å². The number of amides is 1. The van der Waals surface area contributed by atoms with E-state index in [9.17, 15) is 4.79 Å². The molecule has 0 aliphatic carbocycles. The fourth-order valence-electron chi connectivity index (χ4n) is 3.98. The molecule has 1 aliphatic rings. The Morgan fingerprint density at radius 2 is 1.85 bits per heavy atom. The van der Waals surface area contributed by atoms with Crippen molar-refractivity contribution in [2.45, 2.75) is 44.3 Å². The van der Waals surface area contributed by atoms with Gasteiger partial charge in [-0.05, 0) is 57.2 Å². The Labute approximate surface area is 201 Å². The Morgan fingerprint density at radius 3 is 2.62 bits per heavy atom. The number of thioether (sulfide) groups is 1. The van der Waals surface area contributed by atoms with Gasteiger partial charge in [0.2, 0.25) is 6.10 Å². The molecule has 2 aromatic heterocycles. The molecule has 1 aliphatic heterocycles. The molecule has 0 fully saturated rings. The summed E-state index contributed by atoms with van der Waals surface area (Å²) in [5.41, 5.74) is 4.41. The van der Waals surface area contributed by atoms with Crippen molar-refractivity contribution in [3.63, 3.8) is 0 Å². The molecule has 1 N–H and O–H groups in total. The van der Waals surface area contributed by atoms with Gasteiger partial charge in [-0.15, -0.1) is 0 Å². The molecule has 0 bridgehead atoms. The molecular weight excluding hydrogens is 450 g/mol. The summed E-state index contributed by atoms with van der Waals surface area (Å²) in [6.07, 6.45) is -0.719. The van der Waals surface area contributed by atoms with Crippen molar-refractivity contribution in [3.8, 4) is 11.5 Å². The van der Waals surface area contributed by atoms with Crippen molar-refractivity contribution in [1.29, 1.82) is 0 Å². The number of fused-ring (bicyclic) bond motifs is 2. The summed E-state index contributed by atoms with van der Waals surface area (Å²) in [5.74, 6) is 2.55. The first-order valence-electron chi connectivity index (χ1n) is 11.1. The van der Waals surface area contributed by atoms with E-state index in [1.807, 2.05) is 56.3 Å². The third-order valence-electron chi connectivity index (χ3n) is 5.50. The van der Waals surface area contributed by atoms with Crippen molar-refractivity contribution >= 4 is 34.4 Å². The zero-order chi connectivity index (χ0) is 23.7. The highest BCUT2D eigenvalue weighted by molar-refractivity contribution is 7.98.